The van der Waals surface area contributed by atoms with Gasteiger partial charge in [0.2, 0.25) is 0 Å². The van der Waals surface area contributed by atoms with Crippen LogP contribution in [-0.4, -0.2) is 5.60 Å². The molecule has 0 aliphatic carbocycles. The average Bonchev–Trinajstić information content (AvgIpc) is 3.24. The van der Waals surface area contributed by atoms with Crippen molar-refractivity contribution in [2.75, 3.05) is 0 Å². The van der Waals surface area contributed by atoms with Gasteiger partial charge in [-0.25, -0.2) is 0 Å². The Hall–Kier alpha value is -2.38. The van der Waals surface area contributed by atoms with Gasteiger partial charge in [-0.15, -0.1) is 0 Å². The highest BCUT2D eigenvalue weighted by atomic mass is 16.6. The van der Waals surface area contributed by atoms with E-state index in [-0.39, 0.29) is 11.2 Å². The van der Waals surface area contributed by atoms with Gasteiger partial charge in [-0.05, 0) is 23.6 Å². The molecule has 4 rings (SSSR count). The van der Waals surface area contributed by atoms with E-state index in [4.69, 9.17) is 4.74 Å². The van der Waals surface area contributed by atoms with Crippen LogP contribution in [0, 0.1) is 0 Å². The lowest BCUT2D eigenvalue weighted by Gasteiger charge is -2.19. The van der Waals surface area contributed by atoms with Crippen LogP contribution in [0.2, 0.25) is 0 Å². The summed E-state index contributed by atoms with van der Waals surface area (Å²) in [7, 11) is 0. The smallest absolute Gasteiger partial charge is 0.148 e. The summed E-state index contributed by atoms with van der Waals surface area (Å²) in [6.45, 7) is 2.22. The minimum Gasteiger partial charge on any atom is -0.352 e. The van der Waals surface area contributed by atoms with Crippen LogP contribution in [0.4, 0.5) is 0 Å². The van der Waals surface area contributed by atoms with Gasteiger partial charge in [-0.2, -0.15) is 0 Å². The molecule has 0 N–H and O–H groups in total. The molecule has 1 heterocycles. The fourth-order valence-corrected chi connectivity index (χ4v) is 3.70. The lowest BCUT2D eigenvalue weighted by Crippen LogP contribution is -2.25. The van der Waals surface area contributed by atoms with Gasteiger partial charge < -0.3 is 4.74 Å². The molecule has 3 aromatic rings. The predicted molar refractivity (Wildman–Crippen MR) is 93.3 cm³/mol. The Balaban J connectivity index is 1.78. The fourth-order valence-electron chi connectivity index (χ4n) is 3.70. The summed E-state index contributed by atoms with van der Waals surface area (Å²) in [5.41, 5.74) is 3.18. The zero-order chi connectivity index (χ0) is 15.8. The summed E-state index contributed by atoms with van der Waals surface area (Å²) in [5, 5.41) is 0. The molecule has 114 valence electrons. The van der Waals surface area contributed by atoms with Crippen molar-refractivity contribution in [3.05, 3.63) is 108 Å². The molecule has 1 atom stereocenters. The zero-order valence-electron chi connectivity index (χ0n) is 13.3. The first-order valence-electron chi connectivity index (χ1n) is 8.10. The maximum Gasteiger partial charge on any atom is 0.148 e. The van der Waals surface area contributed by atoms with Crippen LogP contribution in [0.1, 0.15) is 23.6 Å². The van der Waals surface area contributed by atoms with Crippen LogP contribution in [-0.2, 0) is 16.8 Å². The Bertz CT molecular complexity index is 740. The largest absolute Gasteiger partial charge is 0.352 e. The Kier molecular flexibility index (Phi) is 3.32. The van der Waals surface area contributed by atoms with Gasteiger partial charge >= 0.3 is 0 Å². The molecule has 1 heteroatoms. The molecule has 1 fully saturated rings. The van der Waals surface area contributed by atoms with Crippen LogP contribution >= 0.6 is 0 Å². The first-order chi connectivity index (χ1) is 11.2. The molecule has 23 heavy (non-hydrogen) atoms. The van der Waals surface area contributed by atoms with E-state index in [1.165, 1.54) is 16.7 Å². The zero-order valence-corrected chi connectivity index (χ0v) is 13.3. The summed E-state index contributed by atoms with van der Waals surface area (Å²) in [6, 6.07) is 31.7. The van der Waals surface area contributed by atoms with Crippen LogP contribution in [0.5, 0.6) is 0 Å². The van der Waals surface area contributed by atoms with Gasteiger partial charge in [-0.1, -0.05) is 91.0 Å². The van der Waals surface area contributed by atoms with Crippen LogP contribution in [0.25, 0.3) is 0 Å². The summed E-state index contributed by atoms with van der Waals surface area (Å²) >= 11 is 0. The van der Waals surface area contributed by atoms with Gasteiger partial charge in [0.1, 0.15) is 11.2 Å². The lowest BCUT2D eigenvalue weighted by atomic mass is 9.79. The number of hydrogen-bond acceptors (Lipinski definition) is 1. The number of benzene rings is 3. The van der Waals surface area contributed by atoms with Gasteiger partial charge in [-0.3, -0.25) is 0 Å². The molecule has 1 aliphatic rings. The van der Waals surface area contributed by atoms with Crippen molar-refractivity contribution in [1.82, 2.24) is 0 Å². The van der Waals surface area contributed by atoms with E-state index in [1.807, 2.05) is 0 Å². The van der Waals surface area contributed by atoms with Crippen molar-refractivity contribution in [2.45, 2.75) is 24.5 Å². The third-order valence-electron chi connectivity index (χ3n) is 4.83. The molecule has 0 bridgehead atoms. The first-order valence-corrected chi connectivity index (χ1v) is 8.10. The van der Waals surface area contributed by atoms with Crippen molar-refractivity contribution >= 4 is 0 Å². The monoisotopic (exact) mass is 300 g/mol. The standard InChI is InChI=1S/C22H20O/c1-21(17-18-11-5-2-6-12-18)22(23-21,19-13-7-3-8-14-19)20-15-9-4-10-16-20/h2-16H,17H2,1H3. The minimum atomic E-state index is -0.356. The average molecular weight is 300 g/mol. The molecule has 0 aromatic heterocycles. The highest BCUT2D eigenvalue weighted by molar-refractivity contribution is 5.47. The highest BCUT2D eigenvalue weighted by Crippen LogP contribution is 2.61. The molecular formula is C22H20O. The van der Waals surface area contributed by atoms with Gasteiger partial charge in [0.15, 0.2) is 0 Å². The van der Waals surface area contributed by atoms with E-state index in [2.05, 4.69) is 97.9 Å². The topological polar surface area (TPSA) is 12.5 Å². The Morgan fingerprint density at radius 1 is 0.652 bits per heavy atom. The summed E-state index contributed by atoms with van der Waals surface area (Å²) in [5.74, 6) is 0. The van der Waals surface area contributed by atoms with E-state index in [0.29, 0.717) is 0 Å². The lowest BCUT2D eigenvalue weighted by molar-refractivity contribution is 0.286. The molecule has 1 nitrogen and oxygen atoms in total. The predicted octanol–water partition coefficient (Wildman–Crippen LogP) is 4.96. The quantitative estimate of drug-likeness (QED) is 0.620. The second kappa shape index (κ2) is 5.36. The molecule has 1 aliphatic heterocycles. The number of hydrogen-bond donors (Lipinski definition) is 0. The number of ether oxygens (including phenoxy) is 1. The maximum absolute atomic E-state index is 6.47. The van der Waals surface area contributed by atoms with Gasteiger partial charge in [0, 0.05) is 6.42 Å². The van der Waals surface area contributed by atoms with E-state index >= 15 is 0 Å². The SMILES string of the molecule is CC1(Cc2ccccc2)OC1(c1ccccc1)c1ccccc1. The molecule has 0 amide bonds. The summed E-state index contributed by atoms with van der Waals surface area (Å²) in [6.07, 6.45) is 0.900. The minimum absolute atomic E-state index is 0.225. The first kappa shape index (κ1) is 14.2. The van der Waals surface area contributed by atoms with Crippen molar-refractivity contribution < 1.29 is 4.74 Å². The number of rotatable bonds is 4. The van der Waals surface area contributed by atoms with Crippen LogP contribution in [0.15, 0.2) is 91.0 Å². The highest BCUT2D eigenvalue weighted by Gasteiger charge is 2.68. The van der Waals surface area contributed by atoms with Crippen LogP contribution in [0.3, 0.4) is 0 Å². The van der Waals surface area contributed by atoms with E-state index in [0.717, 1.165) is 6.42 Å². The molecule has 1 unspecified atom stereocenters. The maximum atomic E-state index is 6.47. The van der Waals surface area contributed by atoms with Crippen LogP contribution < -0.4 is 0 Å². The Morgan fingerprint density at radius 3 is 1.57 bits per heavy atom. The molecule has 0 saturated carbocycles. The van der Waals surface area contributed by atoms with E-state index in [9.17, 15) is 0 Å². The molecule has 1 saturated heterocycles. The van der Waals surface area contributed by atoms with E-state index in [1.54, 1.807) is 0 Å². The van der Waals surface area contributed by atoms with Crippen molar-refractivity contribution in [2.24, 2.45) is 0 Å². The second-order valence-electron chi connectivity index (χ2n) is 6.41. The third kappa shape index (κ3) is 2.29. The Morgan fingerprint density at radius 2 is 1.09 bits per heavy atom. The normalized spacial score (nSPS) is 21.8. The summed E-state index contributed by atoms with van der Waals surface area (Å²) in [4.78, 5) is 0. The third-order valence-corrected chi connectivity index (χ3v) is 4.83. The van der Waals surface area contributed by atoms with Crippen molar-refractivity contribution in [3.63, 3.8) is 0 Å². The van der Waals surface area contributed by atoms with Crippen molar-refractivity contribution in [1.29, 1.82) is 0 Å². The fraction of sp³-hybridized carbons (Fsp3) is 0.182. The van der Waals surface area contributed by atoms with Gasteiger partial charge in [0.25, 0.3) is 0 Å². The van der Waals surface area contributed by atoms with Crippen molar-refractivity contribution in [3.8, 4) is 0 Å². The van der Waals surface area contributed by atoms with Gasteiger partial charge in [0.05, 0.1) is 0 Å². The molecule has 0 radical (unpaired) electrons. The second-order valence-corrected chi connectivity index (χ2v) is 6.41. The molecular weight excluding hydrogens is 280 g/mol. The molecule has 0 spiro atoms. The Labute approximate surface area is 137 Å². The number of epoxide rings is 1. The summed E-state index contributed by atoms with van der Waals surface area (Å²) < 4.78 is 6.47. The van der Waals surface area contributed by atoms with E-state index < -0.39 is 0 Å². The molecule has 3 aromatic carbocycles.